The van der Waals surface area contributed by atoms with Crippen molar-refractivity contribution < 1.29 is 4.74 Å². The van der Waals surface area contributed by atoms with E-state index >= 15 is 0 Å². The number of halogens is 1. The standard InChI is InChI=1S/C11H23N3O.HI/c1-12-11(13-2)14-8-5-7-10-6-3-4-9-15-10;/h10H,3-9H2,1-2H3,(H2,12,13,14);1H. The molecule has 0 aliphatic carbocycles. The van der Waals surface area contributed by atoms with Crippen molar-refractivity contribution in [2.45, 2.75) is 38.2 Å². The van der Waals surface area contributed by atoms with E-state index in [9.17, 15) is 0 Å². The Morgan fingerprint density at radius 2 is 2.25 bits per heavy atom. The van der Waals surface area contributed by atoms with Crippen LogP contribution in [0.2, 0.25) is 0 Å². The maximum Gasteiger partial charge on any atom is 0.190 e. The molecule has 1 aliphatic heterocycles. The number of nitrogens with one attached hydrogen (secondary N) is 2. The summed E-state index contributed by atoms with van der Waals surface area (Å²) in [5, 5.41) is 6.24. The van der Waals surface area contributed by atoms with Gasteiger partial charge >= 0.3 is 0 Å². The molecule has 4 nitrogen and oxygen atoms in total. The lowest BCUT2D eigenvalue weighted by atomic mass is 10.0. The molecule has 0 saturated carbocycles. The highest BCUT2D eigenvalue weighted by atomic mass is 127. The predicted molar refractivity (Wildman–Crippen MR) is 78.7 cm³/mol. The van der Waals surface area contributed by atoms with Crippen LogP contribution < -0.4 is 10.6 Å². The summed E-state index contributed by atoms with van der Waals surface area (Å²) in [6, 6.07) is 0. The Labute approximate surface area is 116 Å². The third kappa shape index (κ3) is 6.52. The lowest BCUT2D eigenvalue weighted by Crippen LogP contribution is -2.35. The highest BCUT2D eigenvalue weighted by Gasteiger charge is 2.12. The summed E-state index contributed by atoms with van der Waals surface area (Å²) < 4.78 is 5.66. The number of aliphatic imine (C=N–C) groups is 1. The molecule has 0 bridgehead atoms. The lowest BCUT2D eigenvalue weighted by molar-refractivity contribution is 0.0104. The molecule has 0 aromatic heterocycles. The molecular weight excluding hydrogens is 317 g/mol. The molecule has 1 heterocycles. The fourth-order valence-electron chi connectivity index (χ4n) is 1.85. The average molecular weight is 341 g/mol. The van der Waals surface area contributed by atoms with Crippen molar-refractivity contribution in [3.05, 3.63) is 0 Å². The van der Waals surface area contributed by atoms with E-state index < -0.39 is 0 Å². The Morgan fingerprint density at radius 3 is 2.81 bits per heavy atom. The van der Waals surface area contributed by atoms with Gasteiger partial charge in [0.2, 0.25) is 0 Å². The second kappa shape index (κ2) is 10.1. The molecule has 1 fully saturated rings. The van der Waals surface area contributed by atoms with Crippen LogP contribution in [0.25, 0.3) is 0 Å². The summed E-state index contributed by atoms with van der Waals surface area (Å²) in [4.78, 5) is 4.05. The molecule has 16 heavy (non-hydrogen) atoms. The molecule has 2 N–H and O–H groups in total. The van der Waals surface area contributed by atoms with E-state index in [0.717, 1.165) is 32.0 Å². The van der Waals surface area contributed by atoms with Gasteiger partial charge in [0.25, 0.3) is 0 Å². The first kappa shape index (κ1) is 16.0. The van der Waals surface area contributed by atoms with E-state index in [1.54, 1.807) is 7.05 Å². The maximum absolute atomic E-state index is 5.66. The summed E-state index contributed by atoms with van der Waals surface area (Å²) in [6.07, 6.45) is 6.61. The molecule has 1 atom stereocenters. The van der Waals surface area contributed by atoms with Gasteiger partial charge in [-0.2, -0.15) is 0 Å². The van der Waals surface area contributed by atoms with Crippen LogP contribution in [0.5, 0.6) is 0 Å². The van der Waals surface area contributed by atoms with Gasteiger partial charge in [0, 0.05) is 27.2 Å². The Morgan fingerprint density at radius 1 is 1.44 bits per heavy atom. The van der Waals surface area contributed by atoms with Crippen LogP contribution >= 0.6 is 24.0 Å². The van der Waals surface area contributed by atoms with Gasteiger partial charge in [-0.05, 0) is 32.1 Å². The molecule has 0 radical (unpaired) electrons. The number of ether oxygens (including phenoxy) is 1. The van der Waals surface area contributed by atoms with Gasteiger partial charge in [0.1, 0.15) is 0 Å². The second-order valence-corrected chi connectivity index (χ2v) is 3.88. The summed E-state index contributed by atoms with van der Waals surface area (Å²) >= 11 is 0. The molecule has 5 heteroatoms. The first-order chi connectivity index (χ1) is 7.36. The Hall–Kier alpha value is -0.0400. The Balaban J connectivity index is 0.00000225. The summed E-state index contributed by atoms with van der Waals surface area (Å²) in [6.45, 7) is 1.92. The van der Waals surface area contributed by atoms with Crippen LogP contribution in [-0.4, -0.2) is 39.3 Å². The molecule has 0 spiro atoms. The molecule has 96 valence electrons. The number of hydrogen-bond acceptors (Lipinski definition) is 2. The van der Waals surface area contributed by atoms with E-state index in [1.807, 2.05) is 7.05 Å². The average Bonchev–Trinajstić information content (AvgIpc) is 2.31. The van der Waals surface area contributed by atoms with Crippen LogP contribution in [0.1, 0.15) is 32.1 Å². The molecule has 0 amide bonds. The smallest absolute Gasteiger partial charge is 0.190 e. The fraction of sp³-hybridized carbons (Fsp3) is 0.909. The van der Waals surface area contributed by atoms with Gasteiger partial charge in [0.15, 0.2) is 5.96 Å². The van der Waals surface area contributed by atoms with Crippen molar-refractivity contribution in [2.75, 3.05) is 27.2 Å². The third-order valence-electron chi connectivity index (χ3n) is 2.73. The summed E-state index contributed by atoms with van der Waals surface area (Å²) in [5.74, 6) is 0.861. The predicted octanol–water partition coefficient (Wildman–Crippen LogP) is 1.75. The number of rotatable bonds is 4. The highest BCUT2D eigenvalue weighted by molar-refractivity contribution is 14.0. The van der Waals surface area contributed by atoms with E-state index in [-0.39, 0.29) is 24.0 Å². The zero-order valence-electron chi connectivity index (χ0n) is 10.3. The Bertz CT molecular complexity index is 194. The van der Waals surface area contributed by atoms with Gasteiger partial charge in [-0.3, -0.25) is 4.99 Å². The number of hydrogen-bond donors (Lipinski definition) is 2. The van der Waals surface area contributed by atoms with E-state index in [1.165, 1.54) is 19.3 Å². The SMILES string of the molecule is CN=C(NC)NCCCC1CCCCO1.I. The zero-order chi connectivity index (χ0) is 10.9. The number of nitrogens with zero attached hydrogens (tertiary/aromatic N) is 1. The molecule has 0 aromatic rings. The third-order valence-corrected chi connectivity index (χ3v) is 2.73. The minimum absolute atomic E-state index is 0. The van der Waals surface area contributed by atoms with Gasteiger partial charge in [0.05, 0.1) is 6.10 Å². The normalized spacial score (nSPS) is 21.1. The highest BCUT2D eigenvalue weighted by Crippen LogP contribution is 2.16. The van der Waals surface area contributed by atoms with Crippen LogP contribution in [0, 0.1) is 0 Å². The number of guanidine groups is 1. The van der Waals surface area contributed by atoms with Crippen LogP contribution in [-0.2, 0) is 4.74 Å². The second-order valence-electron chi connectivity index (χ2n) is 3.88. The minimum Gasteiger partial charge on any atom is -0.378 e. The molecule has 1 rings (SSSR count). The zero-order valence-corrected chi connectivity index (χ0v) is 12.6. The minimum atomic E-state index is 0. The van der Waals surface area contributed by atoms with Gasteiger partial charge in [-0.15, -0.1) is 24.0 Å². The maximum atomic E-state index is 5.66. The van der Waals surface area contributed by atoms with Crippen LogP contribution in [0.4, 0.5) is 0 Å². The topological polar surface area (TPSA) is 45.7 Å². The summed E-state index contributed by atoms with van der Waals surface area (Å²) in [7, 11) is 3.66. The molecule has 0 aromatic carbocycles. The molecule has 1 unspecified atom stereocenters. The molecule has 1 saturated heterocycles. The van der Waals surface area contributed by atoms with Gasteiger partial charge < -0.3 is 15.4 Å². The van der Waals surface area contributed by atoms with Crippen LogP contribution in [0.3, 0.4) is 0 Å². The lowest BCUT2D eigenvalue weighted by Gasteiger charge is -2.22. The first-order valence-electron chi connectivity index (χ1n) is 5.87. The largest absolute Gasteiger partial charge is 0.378 e. The fourth-order valence-corrected chi connectivity index (χ4v) is 1.85. The molecular formula is C11H24IN3O. The first-order valence-corrected chi connectivity index (χ1v) is 5.87. The van der Waals surface area contributed by atoms with Crippen molar-refractivity contribution >= 4 is 29.9 Å². The van der Waals surface area contributed by atoms with Crippen molar-refractivity contribution in [2.24, 2.45) is 4.99 Å². The van der Waals surface area contributed by atoms with Crippen molar-refractivity contribution in [3.63, 3.8) is 0 Å². The van der Waals surface area contributed by atoms with Crippen molar-refractivity contribution in [1.29, 1.82) is 0 Å². The van der Waals surface area contributed by atoms with Gasteiger partial charge in [-0.1, -0.05) is 0 Å². The molecule has 1 aliphatic rings. The quantitative estimate of drug-likeness (QED) is 0.354. The monoisotopic (exact) mass is 341 g/mol. The Kier molecular flexibility index (Phi) is 10.1. The van der Waals surface area contributed by atoms with Crippen LogP contribution in [0.15, 0.2) is 4.99 Å². The van der Waals surface area contributed by atoms with Crippen molar-refractivity contribution in [1.82, 2.24) is 10.6 Å². The summed E-state index contributed by atoms with van der Waals surface area (Å²) in [5.41, 5.74) is 0. The van der Waals surface area contributed by atoms with Gasteiger partial charge in [-0.25, -0.2) is 0 Å². The van der Waals surface area contributed by atoms with E-state index in [4.69, 9.17) is 4.74 Å². The van der Waals surface area contributed by atoms with Crippen molar-refractivity contribution in [3.8, 4) is 0 Å². The van der Waals surface area contributed by atoms with E-state index in [0.29, 0.717) is 6.10 Å². The van der Waals surface area contributed by atoms with E-state index in [2.05, 4.69) is 15.6 Å².